The van der Waals surface area contributed by atoms with Crippen molar-refractivity contribution in [2.45, 2.75) is 32.4 Å². The van der Waals surface area contributed by atoms with Gasteiger partial charge in [-0.25, -0.2) is 4.52 Å². The zero-order valence-corrected chi connectivity index (χ0v) is 10.3. The molecule has 0 radical (unpaired) electrons. The van der Waals surface area contributed by atoms with Gasteiger partial charge in [0.05, 0.1) is 6.10 Å². The first-order valence-corrected chi connectivity index (χ1v) is 5.56. The van der Waals surface area contributed by atoms with Gasteiger partial charge in [-0.3, -0.25) is 0 Å². The number of tetrazole rings is 1. The van der Waals surface area contributed by atoms with Crippen LogP contribution in [0.4, 0.5) is 0 Å². The van der Waals surface area contributed by atoms with E-state index in [9.17, 15) is 5.11 Å². The van der Waals surface area contributed by atoms with E-state index in [1.165, 1.54) is 0 Å². The number of aromatic nitrogens is 4. The average molecular weight is 235 g/mol. The predicted molar refractivity (Wildman–Crippen MR) is 63.5 cm³/mol. The van der Waals surface area contributed by atoms with Crippen LogP contribution in [-0.2, 0) is 0 Å². The predicted octanol–water partition coefficient (Wildman–Crippen LogP) is 0.546. The zero-order chi connectivity index (χ0) is 12.5. The molecule has 0 bridgehead atoms. The molecule has 0 saturated carbocycles. The van der Waals surface area contributed by atoms with E-state index >= 15 is 0 Å². The molecule has 17 heavy (non-hydrogen) atoms. The lowest BCUT2D eigenvalue weighted by molar-refractivity contribution is 0.163. The van der Waals surface area contributed by atoms with Gasteiger partial charge in [0.2, 0.25) is 0 Å². The third-order valence-corrected chi connectivity index (χ3v) is 2.42. The average Bonchev–Trinajstić information content (AvgIpc) is 2.71. The number of aliphatic hydroxyl groups excluding tert-OH is 1. The van der Waals surface area contributed by atoms with E-state index in [1.807, 2.05) is 6.07 Å². The minimum Gasteiger partial charge on any atom is -0.387 e. The van der Waals surface area contributed by atoms with E-state index < -0.39 is 6.10 Å². The maximum absolute atomic E-state index is 10.0. The summed E-state index contributed by atoms with van der Waals surface area (Å²) in [6, 6.07) is 3.62. The van der Waals surface area contributed by atoms with Crippen LogP contribution in [0.15, 0.2) is 18.3 Å². The van der Waals surface area contributed by atoms with E-state index in [4.69, 9.17) is 0 Å². The fourth-order valence-electron chi connectivity index (χ4n) is 1.48. The molecule has 0 aliphatic heterocycles. The summed E-state index contributed by atoms with van der Waals surface area (Å²) in [4.78, 5) is 0. The summed E-state index contributed by atoms with van der Waals surface area (Å²) < 4.78 is 1.55. The molecule has 0 aliphatic carbocycles. The van der Waals surface area contributed by atoms with E-state index in [1.54, 1.807) is 16.8 Å². The fourth-order valence-corrected chi connectivity index (χ4v) is 1.48. The number of rotatable bonds is 3. The molecule has 2 N–H and O–H groups in total. The van der Waals surface area contributed by atoms with Gasteiger partial charge in [0.15, 0.2) is 5.65 Å². The number of nitrogens with one attached hydrogen (secondary N) is 1. The first kappa shape index (κ1) is 11.9. The molecule has 1 unspecified atom stereocenters. The molecular formula is C11H17N5O. The Morgan fingerprint density at radius 1 is 1.41 bits per heavy atom. The van der Waals surface area contributed by atoms with Crippen LogP contribution in [0.3, 0.4) is 0 Å². The summed E-state index contributed by atoms with van der Waals surface area (Å²) in [7, 11) is 0. The minimum atomic E-state index is -0.567. The first-order valence-electron chi connectivity index (χ1n) is 5.56. The summed E-state index contributed by atoms with van der Waals surface area (Å²) in [6.45, 7) is 6.68. The maximum atomic E-state index is 10.0. The second-order valence-corrected chi connectivity index (χ2v) is 5.09. The Morgan fingerprint density at radius 3 is 2.88 bits per heavy atom. The second kappa shape index (κ2) is 4.38. The topological polar surface area (TPSA) is 75.3 Å². The SMILES string of the molecule is CC(C)(C)NCC(O)c1ccc2nnnn2c1. The lowest BCUT2D eigenvalue weighted by Crippen LogP contribution is -2.38. The van der Waals surface area contributed by atoms with Crippen molar-refractivity contribution < 1.29 is 5.11 Å². The summed E-state index contributed by atoms with van der Waals surface area (Å²) >= 11 is 0. The third kappa shape index (κ3) is 2.98. The van der Waals surface area contributed by atoms with Gasteiger partial charge in [-0.05, 0) is 37.3 Å². The molecule has 0 aliphatic rings. The molecule has 6 nitrogen and oxygen atoms in total. The van der Waals surface area contributed by atoms with Gasteiger partial charge in [0.1, 0.15) is 0 Å². The summed E-state index contributed by atoms with van der Waals surface area (Å²) in [6.07, 6.45) is 1.17. The molecule has 2 aromatic rings. The lowest BCUT2D eigenvalue weighted by atomic mass is 10.1. The van der Waals surface area contributed by atoms with E-state index in [2.05, 4.69) is 41.6 Å². The van der Waals surface area contributed by atoms with Crippen molar-refractivity contribution in [3.63, 3.8) is 0 Å². The van der Waals surface area contributed by atoms with E-state index in [-0.39, 0.29) is 5.54 Å². The van der Waals surface area contributed by atoms with Crippen LogP contribution in [0.1, 0.15) is 32.4 Å². The van der Waals surface area contributed by atoms with Crippen molar-refractivity contribution in [3.05, 3.63) is 23.9 Å². The maximum Gasteiger partial charge on any atom is 0.179 e. The summed E-state index contributed by atoms with van der Waals surface area (Å²) in [5.41, 5.74) is 1.45. The number of fused-ring (bicyclic) bond motifs is 1. The Morgan fingerprint density at radius 2 is 2.18 bits per heavy atom. The van der Waals surface area contributed by atoms with E-state index in [0.29, 0.717) is 12.2 Å². The number of β-amino-alcohol motifs (C(OH)–C–C–N with tert-alkyl or cyclic N) is 1. The van der Waals surface area contributed by atoms with E-state index in [0.717, 1.165) is 5.56 Å². The minimum absolute atomic E-state index is 0.0140. The summed E-state index contributed by atoms with van der Waals surface area (Å²) in [5.74, 6) is 0. The van der Waals surface area contributed by atoms with Crippen LogP contribution in [0.2, 0.25) is 0 Å². The molecule has 2 aromatic heterocycles. The van der Waals surface area contributed by atoms with Crippen molar-refractivity contribution in [1.29, 1.82) is 0 Å². The molecule has 92 valence electrons. The van der Waals surface area contributed by atoms with Crippen LogP contribution >= 0.6 is 0 Å². The summed E-state index contributed by atoms with van der Waals surface area (Å²) in [5, 5.41) is 24.4. The number of hydrogen-bond acceptors (Lipinski definition) is 5. The van der Waals surface area contributed by atoms with Crippen LogP contribution in [0.5, 0.6) is 0 Å². The standard InChI is InChI=1S/C11H17N5O/c1-11(2,3)12-6-9(17)8-4-5-10-13-14-15-16(10)7-8/h4-5,7,9,12,17H,6H2,1-3H3. The van der Waals surface area contributed by atoms with Crippen molar-refractivity contribution in [2.24, 2.45) is 0 Å². The first-order chi connectivity index (χ1) is 7.96. The molecule has 0 fully saturated rings. The fraction of sp³-hybridized carbons (Fsp3) is 0.545. The van der Waals surface area contributed by atoms with Crippen molar-refractivity contribution >= 4 is 5.65 Å². The molecule has 6 heteroatoms. The van der Waals surface area contributed by atoms with Crippen LogP contribution in [0.25, 0.3) is 5.65 Å². The number of hydrogen-bond donors (Lipinski definition) is 2. The molecule has 0 aromatic carbocycles. The van der Waals surface area contributed by atoms with Crippen molar-refractivity contribution in [1.82, 2.24) is 25.4 Å². The molecule has 2 heterocycles. The van der Waals surface area contributed by atoms with Crippen molar-refractivity contribution in [2.75, 3.05) is 6.54 Å². The van der Waals surface area contributed by atoms with Crippen LogP contribution in [-0.4, -0.2) is 37.2 Å². The Bertz CT molecular complexity index is 502. The Labute approximate surface area is 99.6 Å². The van der Waals surface area contributed by atoms with Crippen LogP contribution < -0.4 is 5.32 Å². The molecule has 2 rings (SSSR count). The largest absolute Gasteiger partial charge is 0.387 e. The highest BCUT2D eigenvalue weighted by molar-refractivity contribution is 5.36. The molecule has 0 spiro atoms. The second-order valence-electron chi connectivity index (χ2n) is 5.09. The smallest absolute Gasteiger partial charge is 0.179 e. The van der Waals surface area contributed by atoms with Gasteiger partial charge in [0.25, 0.3) is 0 Å². The highest BCUT2D eigenvalue weighted by Gasteiger charge is 2.14. The normalized spacial score (nSPS) is 14.1. The number of pyridine rings is 1. The Balaban J connectivity index is 2.10. The monoisotopic (exact) mass is 235 g/mol. The number of aliphatic hydroxyl groups is 1. The zero-order valence-electron chi connectivity index (χ0n) is 10.3. The van der Waals surface area contributed by atoms with Gasteiger partial charge in [-0.15, -0.1) is 5.10 Å². The Hall–Kier alpha value is -1.53. The quantitative estimate of drug-likeness (QED) is 0.812. The number of nitrogens with zero attached hydrogens (tertiary/aromatic N) is 4. The van der Waals surface area contributed by atoms with Gasteiger partial charge < -0.3 is 10.4 Å². The van der Waals surface area contributed by atoms with Gasteiger partial charge in [0, 0.05) is 23.8 Å². The van der Waals surface area contributed by atoms with Crippen LogP contribution in [0, 0.1) is 0 Å². The molecule has 1 atom stereocenters. The van der Waals surface area contributed by atoms with Gasteiger partial charge >= 0.3 is 0 Å². The van der Waals surface area contributed by atoms with Crippen molar-refractivity contribution in [3.8, 4) is 0 Å². The highest BCUT2D eigenvalue weighted by atomic mass is 16.3. The molecule has 0 amide bonds. The third-order valence-electron chi connectivity index (χ3n) is 2.42. The van der Waals surface area contributed by atoms with Gasteiger partial charge in [-0.2, -0.15) is 0 Å². The Kier molecular flexibility index (Phi) is 3.08. The molecular weight excluding hydrogens is 218 g/mol. The lowest BCUT2D eigenvalue weighted by Gasteiger charge is -2.22. The van der Waals surface area contributed by atoms with Gasteiger partial charge in [-0.1, -0.05) is 6.07 Å². The molecule has 0 saturated heterocycles. The highest BCUT2D eigenvalue weighted by Crippen LogP contribution is 2.13.